The summed E-state index contributed by atoms with van der Waals surface area (Å²) in [6.07, 6.45) is 4.03. The minimum Gasteiger partial charge on any atom is -0.381 e. The van der Waals surface area contributed by atoms with Crippen molar-refractivity contribution in [2.75, 3.05) is 0 Å². The van der Waals surface area contributed by atoms with Crippen LogP contribution < -0.4 is 0 Å². The maximum absolute atomic E-state index is 13.5. The second-order valence-electron chi connectivity index (χ2n) is 9.93. The average molecular weight is 504 g/mol. The van der Waals surface area contributed by atoms with Crippen LogP contribution in [0, 0.1) is 34.5 Å². The topological polar surface area (TPSA) is 71.4 Å². The largest absolute Gasteiger partial charge is 0.381 e. The summed E-state index contributed by atoms with van der Waals surface area (Å²) in [4.78, 5) is 37.9. The van der Waals surface area contributed by atoms with Crippen LogP contribution in [0.2, 0.25) is 0 Å². The molecule has 1 N–H and O–H groups in total. The maximum atomic E-state index is 13.5. The Morgan fingerprint density at radius 3 is 2.41 bits per heavy atom. The van der Waals surface area contributed by atoms with Crippen LogP contribution >= 0.6 is 31.9 Å². The van der Waals surface area contributed by atoms with E-state index in [0.29, 0.717) is 12.8 Å². The quantitative estimate of drug-likeness (QED) is 0.552. The van der Waals surface area contributed by atoms with Crippen molar-refractivity contribution < 1.29 is 19.5 Å². The maximum Gasteiger partial charge on any atom is 0.161 e. The smallest absolute Gasteiger partial charge is 0.161 e. The third kappa shape index (κ3) is 2.44. The lowest BCUT2D eigenvalue weighted by molar-refractivity contribution is -0.175. The van der Waals surface area contributed by atoms with E-state index in [2.05, 4.69) is 38.8 Å². The normalized spacial score (nSPS) is 54.9. The summed E-state index contributed by atoms with van der Waals surface area (Å²) in [5.74, 6) is 0.629. The van der Waals surface area contributed by atoms with E-state index in [1.54, 1.807) is 0 Å². The molecular formula is C21H28Br2O4. The Morgan fingerprint density at radius 1 is 1.11 bits per heavy atom. The molecule has 0 saturated heterocycles. The molecule has 4 aliphatic carbocycles. The Bertz CT molecular complexity index is 723. The van der Waals surface area contributed by atoms with Gasteiger partial charge in [0.1, 0.15) is 11.4 Å². The van der Waals surface area contributed by atoms with E-state index >= 15 is 0 Å². The fraction of sp³-hybridized carbons (Fsp3) is 0.857. The van der Waals surface area contributed by atoms with Gasteiger partial charge >= 0.3 is 0 Å². The highest BCUT2D eigenvalue weighted by Gasteiger charge is 2.69. The van der Waals surface area contributed by atoms with Gasteiger partial charge < -0.3 is 5.11 Å². The molecule has 4 rings (SSSR count). The Morgan fingerprint density at radius 2 is 1.78 bits per heavy atom. The van der Waals surface area contributed by atoms with Crippen molar-refractivity contribution in [3.8, 4) is 0 Å². The molecule has 4 nitrogen and oxygen atoms in total. The molecule has 4 fully saturated rings. The Kier molecular flexibility index (Phi) is 4.65. The second kappa shape index (κ2) is 6.21. The fourth-order valence-corrected chi connectivity index (χ4v) is 10.1. The van der Waals surface area contributed by atoms with Crippen LogP contribution in [0.15, 0.2) is 0 Å². The molecule has 4 aliphatic rings. The minimum absolute atomic E-state index is 0.0863. The van der Waals surface area contributed by atoms with Gasteiger partial charge in [0.25, 0.3) is 0 Å². The molecule has 0 spiro atoms. The first kappa shape index (κ1) is 20.2. The van der Waals surface area contributed by atoms with E-state index < -0.39 is 11.0 Å². The van der Waals surface area contributed by atoms with Crippen LogP contribution in [0.25, 0.3) is 0 Å². The van der Waals surface area contributed by atoms with Crippen LogP contribution in [0.5, 0.6) is 0 Å². The first-order valence-corrected chi connectivity index (χ1v) is 11.9. The van der Waals surface area contributed by atoms with Gasteiger partial charge in [-0.3, -0.25) is 14.4 Å². The SMILES string of the molecule is CC(=O)[C@@]1(O)CC[C@H]2[C@@H]3CCC4C(Br)C(=O)C(Br)C[C@]4(C)[C@H]3C(=O)C[C@@]21C. The van der Waals surface area contributed by atoms with Gasteiger partial charge in [-0.2, -0.15) is 0 Å². The van der Waals surface area contributed by atoms with Gasteiger partial charge in [0.15, 0.2) is 11.6 Å². The molecule has 0 amide bonds. The Balaban J connectivity index is 1.75. The molecule has 150 valence electrons. The van der Waals surface area contributed by atoms with Gasteiger partial charge in [0.05, 0.1) is 9.65 Å². The molecule has 0 radical (unpaired) electrons. The summed E-state index contributed by atoms with van der Waals surface area (Å²) < 4.78 is 0. The molecule has 0 aromatic carbocycles. The minimum atomic E-state index is -1.38. The number of fused-ring (bicyclic) bond motifs is 5. The Labute approximate surface area is 177 Å². The molecule has 3 unspecified atom stereocenters. The van der Waals surface area contributed by atoms with E-state index in [0.717, 1.165) is 19.3 Å². The standard InChI is InChI=1S/C21H28Br2O4/c1-10(24)21(27)7-6-12-11-4-5-13-17(23)18(26)14(22)8-19(13,2)16(11)15(25)9-20(12,21)3/h11-14,16-17,27H,4-9H2,1-3H3/t11-,12-,13?,14?,16+,17?,19-,20-,21-/m0/s1. The van der Waals surface area contributed by atoms with Crippen LogP contribution in [-0.2, 0) is 14.4 Å². The van der Waals surface area contributed by atoms with Crippen LogP contribution in [0.4, 0.5) is 0 Å². The highest BCUT2D eigenvalue weighted by atomic mass is 79.9. The van der Waals surface area contributed by atoms with Gasteiger partial charge in [0, 0.05) is 17.8 Å². The molecule has 0 heterocycles. The molecule has 6 heteroatoms. The highest BCUT2D eigenvalue weighted by molar-refractivity contribution is 9.10. The number of hydrogen-bond acceptors (Lipinski definition) is 4. The number of aliphatic hydroxyl groups is 1. The molecule has 27 heavy (non-hydrogen) atoms. The van der Waals surface area contributed by atoms with Gasteiger partial charge in [-0.15, -0.1) is 0 Å². The second-order valence-corrected chi connectivity index (χ2v) is 12.0. The van der Waals surface area contributed by atoms with Crippen molar-refractivity contribution in [2.24, 2.45) is 34.5 Å². The molecule has 0 aromatic heterocycles. The summed E-state index contributed by atoms with van der Waals surface area (Å²) in [5, 5.41) is 11.2. The monoisotopic (exact) mass is 502 g/mol. The number of carbonyl (C=O) groups excluding carboxylic acids is 3. The summed E-state index contributed by atoms with van der Waals surface area (Å²) in [5.41, 5.74) is -2.27. The zero-order valence-corrected chi connectivity index (χ0v) is 19.3. The number of ketones is 3. The van der Waals surface area contributed by atoms with Crippen LogP contribution in [0.1, 0.15) is 59.3 Å². The first-order valence-electron chi connectivity index (χ1n) is 10.1. The fourth-order valence-electron chi connectivity index (χ4n) is 7.53. The first-order chi connectivity index (χ1) is 12.5. The van der Waals surface area contributed by atoms with Gasteiger partial charge in [0.2, 0.25) is 0 Å². The summed E-state index contributed by atoms with van der Waals surface area (Å²) in [7, 11) is 0. The lowest BCUT2D eigenvalue weighted by Crippen LogP contribution is -2.63. The molecule has 0 aromatic rings. The Hall–Kier alpha value is -0.0700. The number of alkyl halides is 2. The van der Waals surface area contributed by atoms with Gasteiger partial charge in [-0.1, -0.05) is 45.7 Å². The van der Waals surface area contributed by atoms with Crippen molar-refractivity contribution in [3.63, 3.8) is 0 Å². The van der Waals surface area contributed by atoms with Gasteiger partial charge in [-0.25, -0.2) is 0 Å². The number of carbonyl (C=O) groups is 3. The lowest BCUT2D eigenvalue weighted by Gasteiger charge is -2.61. The van der Waals surface area contributed by atoms with Crippen molar-refractivity contribution in [1.29, 1.82) is 0 Å². The zero-order chi connectivity index (χ0) is 19.9. The van der Waals surface area contributed by atoms with E-state index in [1.807, 2.05) is 6.92 Å². The number of halogens is 2. The third-order valence-electron chi connectivity index (χ3n) is 8.92. The van der Waals surface area contributed by atoms with E-state index in [-0.39, 0.29) is 62.5 Å². The van der Waals surface area contributed by atoms with Crippen molar-refractivity contribution in [1.82, 2.24) is 0 Å². The molecule has 0 aliphatic heterocycles. The number of hydrogen-bond donors (Lipinski definition) is 1. The number of Topliss-reactive ketones (excluding diaryl/α,β-unsaturated/α-hetero) is 3. The van der Waals surface area contributed by atoms with E-state index in [1.165, 1.54) is 6.92 Å². The predicted octanol–water partition coefficient (Wildman–Crippen LogP) is 3.84. The summed E-state index contributed by atoms with van der Waals surface area (Å²) in [6.45, 7) is 5.61. The van der Waals surface area contributed by atoms with E-state index in [9.17, 15) is 19.5 Å². The lowest BCUT2D eigenvalue weighted by atomic mass is 9.44. The molecular weight excluding hydrogens is 476 g/mol. The predicted molar refractivity (Wildman–Crippen MR) is 109 cm³/mol. The van der Waals surface area contributed by atoms with Crippen molar-refractivity contribution in [3.05, 3.63) is 0 Å². The van der Waals surface area contributed by atoms with Crippen LogP contribution in [0.3, 0.4) is 0 Å². The van der Waals surface area contributed by atoms with Crippen LogP contribution in [-0.4, -0.2) is 37.7 Å². The zero-order valence-electron chi connectivity index (χ0n) is 16.1. The van der Waals surface area contributed by atoms with E-state index in [4.69, 9.17) is 0 Å². The average Bonchev–Trinajstić information content (AvgIpc) is 2.84. The molecule has 4 saturated carbocycles. The van der Waals surface area contributed by atoms with Gasteiger partial charge in [-0.05, 0) is 62.2 Å². The highest BCUT2D eigenvalue weighted by Crippen LogP contribution is 2.67. The molecule has 0 bridgehead atoms. The summed E-state index contributed by atoms with van der Waals surface area (Å²) >= 11 is 7.19. The molecule has 9 atom stereocenters. The summed E-state index contributed by atoms with van der Waals surface area (Å²) in [6, 6.07) is 0. The third-order valence-corrected chi connectivity index (χ3v) is 10.8. The van der Waals surface area contributed by atoms with Crippen molar-refractivity contribution >= 4 is 49.2 Å². The van der Waals surface area contributed by atoms with Crippen molar-refractivity contribution in [2.45, 2.75) is 74.6 Å². The number of rotatable bonds is 1.